The molecule has 0 bridgehead atoms. The van der Waals surface area contributed by atoms with E-state index in [1.54, 1.807) is 11.6 Å². The topological polar surface area (TPSA) is 97.4 Å². The summed E-state index contributed by atoms with van der Waals surface area (Å²) >= 11 is 0. The van der Waals surface area contributed by atoms with Crippen LogP contribution in [0.15, 0.2) is 17.2 Å². The Balaban J connectivity index is 0.00000243. The number of aryl methyl sites for hydroxylation is 1. The minimum absolute atomic E-state index is 0. The largest absolute Gasteiger partial charge is 0.346 e. The molecule has 1 amide bonds. The summed E-state index contributed by atoms with van der Waals surface area (Å²) in [5, 5.41) is 2.94. The molecule has 0 spiro atoms. The number of carbonyl (C=O) groups is 1. The van der Waals surface area contributed by atoms with Crippen LogP contribution in [0.5, 0.6) is 0 Å². The van der Waals surface area contributed by atoms with Gasteiger partial charge in [0.1, 0.15) is 10.6 Å². The van der Waals surface area contributed by atoms with Crippen molar-refractivity contribution < 1.29 is 13.2 Å². The zero-order valence-electron chi connectivity index (χ0n) is 15.3. The normalized spacial score (nSPS) is 22.5. The number of carbonyl (C=O) groups excluding carboxylic acids is 1. The molecule has 3 N–H and O–H groups in total. The van der Waals surface area contributed by atoms with Gasteiger partial charge in [-0.25, -0.2) is 8.42 Å². The second-order valence-corrected chi connectivity index (χ2v) is 9.37. The van der Waals surface area contributed by atoms with E-state index in [2.05, 4.69) is 12.2 Å². The van der Waals surface area contributed by atoms with Gasteiger partial charge in [-0.2, -0.15) is 4.31 Å². The van der Waals surface area contributed by atoms with Crippen LogP contribution >= 0.6 is 12.4 Å². The molecule has 1 aliphatic carbocycles. The van der Waals surface area contributed by atoms with Crippen LogP contribution in [0.1, 0.15) is 43.1 Å². The van der Waals surface area contributed by atoms with Crippen LogP contribution in [0.4, 0.5) is 0 Å². The quantitative estimate of drug-likeness (QED) is 0.747. The summed E-state index contributed by atoms with van der Waals surface area (Å²) in [6.07, 6.45) is 5.62. The lowest BCUT2D eigenvalue weighted by Crippen LogP contribution is -2.42. The van der Waals surface area contributed by atoms with Crippen molar-refractivity contribution in [2.24, 2.45) is 24.6 Å². The molecule has 0 aromatic carbocycles. The Kier molecular flexibility index (Phi) is 6.76. The van der Waals surface area contributed by atoms with E-state index in [-0.39, 0.29) is 29.3 Å². The van der Waals surface area contributed by atoms with E-state index >= 15 is 0 Å². The second-order valence-electron chi connectivity index (χ2n) is 7.44. The molecule has 1 aromatic heterocycles. The Hall–Kier alpha value is -1.09. The van der Waals surface area contributed by atoms with E-state index in [4.69, 9.17) is 5.73 Å². The molecule has 26 heavy (non-hydrogen) atoms. The Morgan fingerprint density at radius 2 is 2.08 bits per heavy atom. The zero-order chi connectivity index (χ0) is 18.2. The average Bonchev–Trinajstić information content (AvgIpc) is 3.33. The highest BCUT2D eigenvalue weighted by atomic mass is 35.5. The van der Waals surface area contributed by atoms with E-state index in [1.807, 2.05) is 0 Å². The molecule has 2 aliphatic rings. The number of hydrogen-bond donors (Lipinski definition) is 2. The van der Waals surface area contributed by atoms with Crippen molar-refractivity contribution in [3.63, 3.8) is 0 Å². The van der Waals surface area contributed by atoms with Gasteiger partial charge in [0.15, 0.2) is 0 Å². The summed E-state index contributed by atoms with van der Waals surface area (Å²) in [7, 11) is -1.86. The maximum absolute atomic E-state index is 12.9. The Morgan fingerprint density at radius 3 is 2.65 bits per heavy atom. The molecule has 9 heteroatoms. The van der Waals surface area contributed by atoms with Gasteiger partial charge in [0.25, 0.3) is 5.91 Å². The summed E-state index contributed by atoms with van der Waals surface area (Å²) in [6, 6.07) is 1.44. The SMILES string of the molecule is CC1CCCN(S(=O)(=O)c2cc(C(=O)NC(CN)C3CC3)n(C)c2)C1.Cl. The minimum atomic E-state index is -3.56. The number of aromatic nitrogens is 1. The van der Waals surface area contributed by atoms with Gasteiger partial charge in [-0.05, 0) is 43.6 Å². The van der Waals surface area contributed by atoms with Gasteiger partial charge in [0.2, 0.25) is 10.0 Å². The van der Waals surface area contributed by atoms with Crippen molar-refractivity contribution in [3.8, 4) is 0 Å². The van der Waals surface area contributed by atoms with E-state index < -0.39 is 10.0 Å². The summed E-state index contributed by atoms with van der Waals surface area (Å²) < 4.78 is 28.9. The lowest BCUT2D eigenvalue weighted by molar-refractivity contribution is 0.0925. The first kappa shape index (κ1) is 21.2. The predicted octanol–water partition coefficient (Wildman–Crippen LogP) is 1.33. The Morgan fingerprint density at radius 1 is 1.38 bits per heavy atom. The molecule has 2 atom stereocenters. The molecule has 1 saturated heterocycles. The maximum atomic E-state index is 12.9. The third-order valence-corrected chi connectivity index (χ3v) is 7.06. The van der Waals surface area contributed by atoms with Crippen LogP contribution in [-0.4, -0.2) is 48.9 Å². The van der Waals surface area contributed by atoms with Crippen LogP contribution in [0, 0.1) is 11.8 Å². The monoisotopic (exact) mass is 404 g/mol. The summed E-state index contributed by atoms with van der Waals surface area (Å²) in [6.45, 7) is 3.55. The number of nitrogens with zero attached hydrogens (tertiary/aromatic N) is 2. The molecule has 1 saturated carbocycles. The molecule has 148 valence electrons. The van der Waals surface area contributed by atoms with Gasteiger partial charge in [-0.3, -0.25) is 4.79 Å². The fraction of sp³-hybridized carbons (Fsp3) is 0.706. The highest BCUT2D eigenvalue weighted by Gasteiger charge is 2.33. The van der Waals surface area contributed by atoms with Crippen LogP contribution in [-0.2, 0) is 17.1 Å². The van der Waals surface area contributed by atoms with Gasteiger partial charge in [0.05, 0.1) is 0 Å². The highest BCUT2D eigenvalue weighted by Crippen LogP contribution is 2.32. The smallest absolute Gasteiger partial charge is 0.268 e. The molecule has 2 unspecified atom stereocenters. The fourth-order valence-corrected chi connectivity index (χ4v) is 5.20. The van der Waals surface area contributed by atoms with E-state index in [0.717, 1.165) is 25.7 Å². The molecular formula is C17H29ClN4O3S. The third kappa shape index (κ3) is 4.42. The van der Waals surface area contributed by atoms with E-state index in [1.165, 1.54) is 16.6 Å². The molecule has 2 fully saturated rings. The first-order valence-corrected chi connectivity index (χ1v) is 10.4. The zero-order valence-corrected chi connectivity index (χ0v) is 17.0. The number of halogens is 1. The van der Waals surface area contributed by atoms with Gasteiger partial charge in [0, 0.05) is 38.9 Å². The molecule has 1 aliphatic heterocycles. The van der Waals surface area contributed by atoms with Crippen molar-refractivity contribution in [1.29, 1.82) is 0 Å². The number of piperidine rings is 1. The molecular weight excluding hydrogens is 376 g/mol. The summed E-state index contributed by atoms with van der Waals surface area (Å²) in [5.74, 6) is 0.546. The van der Waals surface area contributed by atoms with Crippen molar-refractivity contribution >= 4 is 28.3 Å². The van der Waals surface area contributed by atoms with Crippen molar-refractivity contribution in [2.75, 3.05) is 19.6 Å². The number of rotatable bonds is 6. The van der Waals surface area contributed by atoms with Gasteiger partial charge in [-0.15, -0.1) is 12.4 Å². The Bertz CT molecular complexity index is 745. The first-order valence-electron chi connectivity index (χ1n) is 9.00. The maximum Gasteiger partial charge on any atom is 0.268 e. The molecule has 1 aromatic rings. The van der Waals surface area contributed by atoms with E-state index in [9.17, 15) is 13.2 Å². The van der Waals surface area contributed by atoms with Crippen LogP contribution in [0.3, 0.4) is 0 Å². The van der Waals surface area contributed by atoms with Crippen molar-refractivity contribution in [2.45, 2.75) is 43.5 Å². The summed E-state index contributed by atoms with van der Waals surface area (Å²) in [4.78, 5) is 12.7. The number of hydrogen-bond acceptors (Lipinski definition) is 4. The highest BCUT2D eigenvalue weighted by molar-refractivity contribution is 7.89. The second kappa shape index (κ2) is 8.29. The molecule has 2 heterocycles. The molecule has 7 nitrogen and oxygen atoms in total. The van der Waals surface area contributed by atoms with Gasteiger partial charge < -0.3 is 15.6 Å². The Labute approximate surface area is 161 Å². The standard InChI is InChI=1S/C17H28N4O3S.ClH/c1-12-4-3-7-21(10-12)25(23,24)14-8-16(20(2)11-14)17(22)19-15(9-18)13-5-6-13;/h8,11-13,15H,3-7,9-10,18H2,1-2H3,(H,19,22);1H. The number of sulfonamides is 1. The van der Waals surface area contributed by atoms with E-state index in [0.29, 0.717) is 37.2 Å². The third-order valence-electron chi connectivity index (χ3n) is 5.23. The fourth-order valence-electron chi connectivity index (χ4n) is 3.52. The number of nitrogens with one attached hydrogen (secondary N) is 1. The number of amides is 1. The van der Waals surface area contributed by atoms with Crippen LogP contribution < -0.4 is 11.1 Å². The first-order chi connectivity index (χ1) is 11.8. The predicted molar refractivity (Wildman–Crippen MR) is 103 cm³/mol. The lowest BCUT2D eigenvalue weighted by Gasteiger charge is -2.29. The molecule has 0 radical (unpaired) electrons. The van der Waals surface area contributed by atoms with Crippen LogP contribution in [0.25, 0.3) is 0 Å². The number of nitrogens with two attached hydrogens (primary N) is 1. The van der Waals surface area contributed by atoms with Crippen molar-refractivity contribution in [3.05, 3.63) is 18.0 Å². The molecule has 3 rings (SSSR count). The van der Waals surface area contributed by atoms with Gasteiger partial charge >= 0.3 is 0 Å². The van der Waals surface area contributed by atoms with Crippen LogP contribution in [0.2, 0.25) is 0 Å². The summed E-state index contributed by atoms with van der Waals surface area (Å²) in [5.41, 5.74) is 6.09. The minimum Gasteiger partial charge on any atom is -0.346 e. The average molecular weight is 405 g/mol. The van der Waals surface area contributed by atoms with Crippen molar-refractivity contribution in [1.82, 2.24) is 14.2 Å². The van der Waals surface area contributed by atoms with Gasteiger partial charge in [-0.1, -0.05) is 6.92 Å². The lowest BCUT2D eigenvalue weighted by atomic mass is 10.0.